The number of nitrogens with two attached hydrogens (primary N) is 1. The predicted molar refractivity (Wildman–Crippen MR) is 103 cm³/mol. The lowest BCUT2D eigenvalue weighted by Gasteiger charge is -2.15. The first-order valence-corrected chi connectivity index (χ1v) is 8.11. The van der Waals surface area contributed by atoms with Crippen LogP contribution in [0.3, 0.4) is 0 Å². The predicted octanol–water partition coefficient (Wildman–Crippen LogP) is 1.55. The Balaban J connectivity index is 0.00000338. The summed E-state index contributed by atoms with van der Waals surface area (Å²) in [6.45, 7) is 7.27. The molecule has 26 heavy (non-hydrogen) atoms. The summed E-state index contributed by atoms with van der Waals surface area (Å²) in [5.41, 5.74) is 8.08. The lowest BCUT2D eigenvalue weighted by molar-refractivity contribution is -0.125. The second kappa shape index (κ2) is 9.30. The highest BCUT2D eigenvalue weighted by Gasteiger charge is 2.18. The van der Waals surface area contributed by atoms with E-state index < -0.39 is 6.04 Å². The molecule has 1 aromatic carbocycles. The van der Waals surface area contributed by atoms with E-state index in [4.69, 9.17) is 5.73 Å². The fourth-order valence-corrected chi connectivity index (χ4v) is 2.15. The number of benzene rings is 1. The Morgan fingerprint density at radius 2 is 1.96 bits per heavy atom. The number of hydrogen-bond donors (Lipinski definition) is 4. The van der Waals surface area contributed by atoms with Crippen molar-refractivity contribution in [3.05, 3.63) is 29.6 Å². The number of aryl methyl sites for hydroxylation is 2. The van der Waals surface area contributed by atoms with Crippen molar-refractivity contribution in [2.45, 2.75) is 33.7 Å². The highest BCUT2D eigenvalue weighted by Crippen LogP contribution is 2.23. The summed E-state index contributed by atoms with van der Waals surface area (Å²) >= 11 is 0. The van der Waals surface area contributed by atoms with Gasteiger partial charge in [0.1, 0.15) is 5.82 Å². The van der Waals surface area contributed by atoms with Crippen molar-refractivity contribution >= 4 is 29.9 Å². The van der Waals surface area contributed by atoms with Gasteiger partial charge in [-0.15, -0.1) is 12.4 Å². The van der Waals surface area contributed by atoms with Gasteiger partial charge in [-0.25, -0.2) is 4.98 Å². The number of carbonyl (C=O) groups excluding carboxylic acids is 2. The summed E-state index contributed by atoms with van der Waals surface area (Å²) in [5, 5.41) is 12.2. The number of aromatic nitrogens is 3. The molecule has 2 amide bonds. The Hall–Kier alpha value is -2.45. The van der Waals surface area contributed by atoms with Gasteiger partial charge in [-0.3, -0.25) is 14.7 Å². The largest absolute Gasteiger partial charge is 0.346 e. The standard InChI is InChI=1S/C17H24N6O2.ClH/c1-9(2)15(18)17(25)19-8-14(24)21-13-7-12(6-5-10(13)3)16-20-11(4)22-23-16;/h5-7,9,15H,8,18H2,1-4H3,(H,19,25)(H,21,24)(H,20,22,23);1H/t15-;/m0./s1. The van der Waals surface area contributed by atoms with Crippen molar-refractivity contribution in [2.75, 3.05) is 11.9 Å². The molecule has 0 aliphatic rings. The number of H-pyrrole nitrogens is 1. The fraction of sp³-hybridized carbons (Fsp3) is 0.412. The molecule has 1 atom stereocenters. The van der Waals surface area contributed by atoms with E-state index >= 15 is 0 Å². The molecule has 8 nitrogen and oxygen atoms in total. The number of amides is 2. The number of hydrogen-bond acceptors (Lipinski definition) is 5. The molecule has 0 radical (unpaired) electrons. The van der Waals surface area contributed by atoms with Crippen LogP contribution >= 0.6 is 12.4 Å². The van der Waals surface area contributed by atoms with E-state index in [9.17, 15) is 9.59 Å². The Morgan fingerprint density at radius 1 is 1.27 bits per heavy atom. The fourth-order valence-electron chi connectivity index (χ4n) is 2.15. The van der Waals surface area contributed by atoms with E-state index in [1.165, 1.54) is 0 Å². The molecule has 1 aromatic heterocycles. The lowest BCUT2D eigenvalue weighted by atomic mass is 10.1. The molecule has 0 aliphatic heterocycles. The van der Waals surface area contributed by atoms with Gasteiger partial charge in [0.05, 0.1) is 12.6 Å². The molecule has 0 saturated heterocycles. The first-order valence-electron chi connectivity index (χ1n) is 8.11. The average molecular weight is 381 g/mol. The summed E-state index contributed by atoms with van der Waals surface area (Å²) in [6, 6.07) is 4.94. The highest BCUT2D eigenvalue weighted by molar-refractivity contribution is 5.96. The molecule has 0 aliphatic carbocycles. The Morgan fingerprint density at radius 3 is 2.54 bits per heavy atom. The Kier molecular flexibility index (Phi) is 7.73. The second-order valence-electron chi connectivity index (χ2n) is 6.31. The van der Waals surface area contributed by atoms with Crippen LogP contribution in [0.1, 0.15) is 25.2 Å². The van der Waals surface area contributed by atoms with Crippen LogP contribution < -0.4 is 16.4 Å². The molecule has 0 saturated carbocycles. The van der Waals surface area contributed by atoms with Crippen molar-refractivity contribution in [3.63, 3.8) is 0 Å². The maximum absolute atomic E-state index is 12.1. The van der Waals surface area contributed by atoms with E-state index in [1.54, 1.807) is 6.07 Å². The van der Waals surface area contributed by atoms with Crippen LogP contribution in [0.2, 0.25) is 0 Å². The minimum absolute atomic E-state index is 0. The van der Waals surface area contributed by atoms with E-state index in [1.807, 2.05) is 39.8 Å². The zero-order chi connectivity index (χ0) is 18.6. The molecular formula is C17H25ClN6O2. The average Bonchev–Trinajstić information content (AvgIpc) is 3.00. The summed E-state index contributed by atoms with van der Waals surface area (Å²) < 4.78 is 0. The van der Waals surface area contributed by atoms with Gasteiger partial charge in [-0.1, -0.05) is 26.0 Å². The van der Waals surface area contributed by atoms with E-state index in [0.29, 0.717) is 17.3 Å². The number of rotatable bonds is 6. The van der Waals surface area contributed by atoms with E-state index in [0.717, 1.165) is 11.1 Å². The van der Waals surface area contributed by atoms with Gasteiger partial charge in [-0.05, 0) is 31.4 Å². The summed E-state index contributed by atoms with van der Waals surface area (Å²) in [7, 11) is 0. The maximum Gasteiger partial charge on any atom is 0.243 e. The van der Waals surface area contributed by atoms with Gasteiger partial charge >= 0.3 is 0 Å². The molecule has 142 valence electrons. The number of halogens is 1. The maximum atomic E-state index is 12.1. The van der Waals surface area contributed by atoms with Crippen molar-refractivity contribution in [1.29, 1.82) is 0 Å². The molecule has 2 aromatic rings. The molecule has 1 heterocycles. The zero-order valence-electron chi connectivity index (χ0n) is 15.3. The third-order valence-corrected chi connectivity index (χ3v) is 3.81. The molecule has 0 bridgehead atoms. The monoisotopic (exact) mass is 380 g/mol. The van der Waals surface area contributed by atoms with Gasteiger partial charge in [0.15, 0.2) is 5.82 Å². The van der Waals surface area contributed by atoms with Crippen molar-refractivity contribution in [2.24, 2.45) is 11.7 Å². The lowest BCUT2D eigenvalue weighted by Crippen LogP contribution is -2.46. The number of carbonyl (C=O) groups is 2. The normalized spacial score (nSPS) is 11.6. The molecule has 0 spiro atoms. The van der Waals surface area contributed by atoms with Gasteiger partial charge in [-0.2, -0.15) is 5.10 Å². The Labute approximate surface area is 158 Å². The smallest absolute Gasteiger partial charge is 0.243 e. The Bertz CT molecular complexity index is 774. The summed E-state index contributed by atoms with van der Waals surface area (Å²) in [4.78, 5) is 28.2. The van der Waals surface area contributed by atoms with Crippen LogP contribution in [-0.2, 0) is 9.59 Å². The third-order valence-electron chi connectivity index (χ3n) is 3.81. The molecule has 5 N–H and O–H groups in total. The first kappa shape index (κ1) is 21.6. The van der Waals surface area contributed by atoms with Crippen LogP contribution in [0.4, 0.5) is 5.69 Å². The molecule has 0 fully saturated rings. The van der Waals surface area contributed by atoms with Crippen molar-refractivity contribution in [1.82, 2.24) is 20.5 Å². The van der Waals surface area contributed by atoms with Crippen molar-refractivity contribution in [3.8, 4) is 11.4 Å². The number of aromatic amines is 1. The van der Waals surface area contributed by atoms with Gasteiger partial charge in [0, 0.05) is 11.3 Å². The molecule has 0 unspecified atom stereocenters. The number of anilines is 1. The third kappa shape index (κ3) is 5.53. The number of nitrogens with one attached hydrogen (secondary N) is 3. The zero-order valence-corrected chi connectivity index (χ0v) is 16.1. The van der Waals surface area contributed by atoms with Gasteiger partial charge in [0.2, 0.25) is 11.8 Å². The molecule has 2 rings (SSSR count). The second-order valence-corrected chi connectivity index (χ2v) is 6.31. The molecular weight excluding hydrogens is 356 g/mol. The SMILES string of the molecule is Cc1nc(-c2ccc(C)c(NC(=O)CNC(=O)[C@@H](N)C(C)C)c2)n[nH]1.Cl. The minimum Gasteiger partial charge on any atom is -0.346 e. The summed E-state index contributed by atoms with van der Waals surface area (Å²) in [5.74, 6) is 0.615. The van der Waals surface area contributed by atoms with Crippen LogP contribution in [0.25, 0.3) is 11.4 Å². The quantitative estimate of drug-likeness (QED) is 0.604. The van der Waals surface area contributed by atoms with Gasteiger partial charge < -0.3 is 16.4 Å². The first-order chi connectivity index (χ1) is 11.8. The highest BCUT2D eigenvalue weighted by atomic mass is 35.5. The summed E-state index contributed by atoms with van der Waals surface area (Å²) in [6.07, 6.45) is 0. The topological polar surface area (TPSA) is 126 Å². The molecule has 9 heteroatoms. The van der Waals surface area contributed by atoms with E-state index in [-0.39, 0.29) is 36.7 Å². The van der Waals surface area contributed by atoms with Crippen LogP contribution in [0.5, 0.6) is 0 Å². The minimum atomic E-state index is -0.633. The number of nitrogens with zero attached hydrogens (tertiary/aromatic N) is 2. The van der Waals surface area contributed by atoms with Gasteiger partial charge in [0.25, 0.3) is 0 Å². The van der Waals surface area contributed by atoms with Crippen LogP contribution in [-0.4, -0.2) is 39.6 Å². The van der Waals surface area contributed by atoms with Crippen molar-refractivity contribution < 1.29 is 9.59 Å². The van der Waals surface area contributed by atoms with Crippen LogP contribution in [0, 0.1) is 19.8 Å². The van der Waals surface area contributed by atoms with Crippen LogP contribution in [0.15, 0.2) is 18.2 Å². The van der Waals surface area contributed by atoms with E-state index in [2.05, 4.69) is 25.8 Å².